The zero-order valence-corrected chi connectivity index (χ0v) is 62.8. The molecular weight excluding hydrogens is 1410 g/mol. The summed E-state index contributed by atoms with van der Waals surface area (Å²) in [5.41, 5.74) is 19.6. The number of allylic oxidation sites excluding steroid dienone is 1. The van der Waals surface area contributed by atoms with E-state index < -0.39 is 12.9 Å². The van der Waals surface area contributed by atoms with Crippen molar-refractivity contribution in [1.29, 1.82) is 0 Å². The molecule has 0 bridgehead atoms. The fourth-order valence-electron chi connectivity index (χ4n) is 15.1. The monoisotopic (exact) mass is 1490 g/mol. The summed E-state index contributed by atoms with van der Waals surface area (Å²) in [7, 11) is 0. The van der Waals surface area contributed by atoms with Crippen LogP contribution in [0.5, 0.6) is 5.75 Å². The highest BCUT2D eigenvalue weighted by molar-refractivity contribution is 7.19. The summed E-state index contributed by atoms with van der Waals surface area (Å²) in [5, 5.41) is 6.28. The summed E-state index contributed by atoms with van der Waals surface area (Å²) in [4.78, 5) is 70.6. The Hall–Kier alpha value is -10.8. The predicted octanol–water partition coefficient (Wildman–Crippen LogP) is 19.1. The van der Waals surface area contributed by atoms with Gasteiger partial charge in [-0.15, -0.1) is 22.7 Å². The van der Waals surface area contributed by atoms with E-state index in [1.165, 1.54) is 44.6 Å². The minimum absolute atomic E-state index is 0.122. The number of alkyl halides is 3. The molecule has 11 aromatic heterocycles. The Labute approximate surface area is 630 Å². The van der Waals surface area contributed by atoms with Crippen LogP contribution in [-0.2, 0) is 6.42 Å². The van der Waals surface area contributed by atoms with Crippen molar-refractivity contribution in [3.05, 3.63) is 212 Å². The molecule has 3 fully saturated rings. The fraction of sp³-hybridized carbons (Fsp3) is 0.309. The molecule has 3 aliphatic heterocycles. The average molecular weight is 1490 g/mol. The van der Waals surface area contributed by atoms with Crippen LogP contribution in [0.2, 0.25) is 4.34 Å². The Morgan fingerprint density at radius 3 is 1.42 bits per heavy atom. The van der Waals surface area contributed by atoms with Gasteiger partial charge in [0, 0.05) is 120 Å². The van der Waals surface area contributed by atoms with Gasteiger partial charge in [0.15, 0.2) is 6.30 Å². The van der Waals surface area contributed by atoms with Crippen LogP contribution in [0.25, 0.3) is 88.6 Å². The molecule has 1 aliphatic carbocycles. The number of nitrogens with zero attached hydrogens (tertiary/aromatic N) is 14. The van der Waals surface area contributed by atoms with Gasteiger partial charge in [0.25, 0.3) is 0 Å². The van der Waals surface area contributed by atoms with Gasteiger partial charge in [0.2, 0.25) is 0 Å². The number of rotatable bonds is 15. The molecule has 18 rings (SSSR count). The van der Waals surface area contributed by atoms with Gasteiger partial charge in [-0.3, -0.25) is 0 Å². The Balaban J connectivity index is 0.000000123. The van der Waals surface area contributed by atoms with E-state index in [0.717, 1.165) is 229 Å². The van der Waals surface area contributed by atoms with E-state index in [9.17, 15) is 13.2 Å². The normalized spacial score (nSPS) is 15.4. The first-order valence-corrected chi connectivity index (χ1v) is 38.3. The molecule has 5 N–H and O–H groups in total. The number of anilines is 3. The van der Waals surface area contributed by atoms with Gasteiger partial charge in [0.1, 0.15) is 82.3 Å². The highest BCUT2D eigenvalue weighted by Gasteiger charge is 2.32. The average Bonchev–Trinajstić information content (AvgIpc) is 1.67. The van der Waals surface area contributed by atoms with Crippen LogP contribution in [0.3, 0.4) is 0 Å². The van der Waals surface area contributed by atoms with Crippen molar-refractivity contribution in [2.45, 2.75) is 124 Å². The maximum Gasteiger partial charge on any atom is 0.387 e. The SMILES string of the molecule is Cc1[nH]c(C2CCN(c3ncnc4c3C=C(c3cnn(C(C)F)c3)C4)CC2)nc1-c1ccc(OC(F)F)cc1.Cc1ccc(-c2cc3c(N4CCC(c5nc(-c6ccc(C)s6)c(C)[nH]5)CC4)ncnc3[nH]2)cc1.Cc1ccc(-c2cc3c(N4CCC(c5nc(-c6ccc(Cl)s6)c(C)[nH]5)CC4)ncnc3[nH]2)cc1. The Morgan fingerprint density at radius 2 is 0.953 bits per heavy atom. The lowest BCUT2D eigenvalue weighted by Gasteiger charge is -2.32. The van der Waals surface area contributed by atoms with Crippen molar-refractivity contribution in [3.8, 4) is 60.7 Å². The molecule has 0 saturated carbocycles. The third kappa shape index (κ3) is 15.1. The van der Waals surface area contributed by atoms with E-state index in [1.807, 2.05) is 19.1 Å². The molecule has 4 aliphatic rings. The number of ether oxygens (including phenoxy) is 1. The van der Waals surface area contributed by atoms with Crippen LogP contribution in [0.15, 0.2) is 141 Å². The summed E-state index contributed by atoms with van der Waals surface area (Å²) in [6.45, 7) is 16.6. The van der Waals surface area contributed by atoms with E-state index in [2.05, 4.69) is 193 Å². The Bertz CT molecular complexity index is 5260. The molecule has 0 amide bonds. The van der Waals surface area contributed by atoms with E-state index in [4.69, 9.17) is 26.6 Å². The van der Waals surface area contributed by atoms with Gasteiger partial charge >= 0.3 is 6.61 Å². The van der Waals surface area contributed by atoms with Gasteiger partial charge in [0.05, 0.1) is 42.4 Å². The number of fused-ring (bicyclic) bond motifs is 3. The first kappa shape index (κ1) is 70.5. The molecule has 3 saturated heterocycles. The summed E-state index contributed by atoms with van der Waals surface area (Å²) < 4.78 is 45.1. The minimum atomic E-state index is -2.85. The zero-order chi connectivity index (χ0) is 73.6. The van der Waals surface area contributed by atoms with Crippen LogP contribution in [0.1, 0.15) is 137 Å². The second-order valence-corrected chi connectivity index (χ2v) is 31.2. The maximum atomic E-state index is 13.6. The number of aromatic nitrogens is 16. The van der Waals surface area contributed by atoms with Crippen molar-refractivity contribution in [3.63, 3.8) is 0 Å². The summed E-state index contributed by atoms with van der Waals surface area (Å²) in [6, 6.07) is 36.4. The number of benzene rings is 3. The number of piperidine rings is 3. The smallest absolute Gasteiger partial charge is 0.387 e. The van der Waals surface area contributed by atoms with E-state index in [-0.39, 0.29) is 11.7 Å². The number of thiophene rings is 2. The quantitative estimate of drug-likeness (QED) is 0.0643. The van der Waals surface area contributed by atoms with Gasteiger partial charge in [-0.2, -0.15) is 13.9 Å². The highest BCUT2D eigenvalue weighted by Crippen LogP contribution is 2.42. The first-order chi connectivity index (χ1) is 51.9. The second kappa shape index (κ2) is 30.2. The number of H-pyrrole nitrogens is 5. The number of aryl methyl sites for hydroxylation is 6. The Kier molecular flexibility index (Phi) is 19.9. The number of aromatic amines is 5. The standard InChI is InChI=1S/C28H28F3N7O.C27H28N6S.C26H25ClN6S/c1-16-25(18-3-5-22(6-4-18)39-28(30)31)36-26(35-16)19-7-9-37(10-8-19)27-23-11-20(12-24(23)32-15-33-27)21-13-34-38(14-21)17(2)29;1-16-4-7-19(8-5-16)22-14-21-26(31-22)28-15-29-27(21)33-12-10-20(11-13-33)25-30-18(3)24(32-25)23-9-6-17(2)34-23;1-15-3-5-17(6-4-15)20-13-19-25(31-20)28-14-29-26(19)33-11-9-18(10-12-33)24-30-16(2)23(32-24)21-7-8-22(27)34-21/h3-6,11,13-15,17,19,28H,7-10,12H2,1-2H3,(H,35,36);4-9,14-15,20H,10-13H2,1-3H3,(H,30,32)(H,28,29,31);3-8,13-14,18H,9-12H2,1-2H3,(H,30,32)(H,28,29,31). The van der Waals surface area contributed by atoms with Crippen LogP contribution in [0.4, 0.5) is 30.6 Å². The Morgan fingerprint density at radius 1 is 0.495 bits per heavy atom. The fourth-order valence-corrected chi connectivity index (χ4v) is 17.1. The molecule has 0 spiro atoms. The van der Waals surface area contributed by atoms with Crippen molar-refractivity contribution >= 4 is 85.4 Å². The predicted molar refractivity (Wildman–Crippen MR) is 421 cm³/mol. The van der Waals surface area contributed by atoms with Crippen LogP contribution in [0, 0.1) is 41.5 Å². The molecule has 14 aromatic rings. The lowest BCUT2D eigenvalue weighted by atomic mass is 9.96. The molecule has 546 valence electrons. The molecule has 20 nitrogen and oxygen atoms in total. The second-order valence-electron chi connectivity index (χ2n) is 28.2. The van der Waals surface area contributed by atoms with Crippen molar-refractivity contribution < 1.29 is 17.9 Å². The summed E-state index contributed by atoms with van der Waals surface area (Å²) >= 11 is 9.52. The van der Waals surface area contributed by atoms with Crippen LogP contribution >= 0.6 is 34.3 Å². The number of hydrogen-bond donors (Lipinski definition) is 5. The molecule has 14 heterocycles. The summed E-state index contributed by atoms with van der Waals surface area (Å²) in [5.74, 6) is 7.31. The van der Waals surface area contributed by atoms with Crippen molar-refractivity contribution in [2.24, 2.45) is 0 Å². The molecule has 1 atom stereocenters. The third-order valence-corrected chi connectivity index (χ3v) is 23.1. The van der Waals surface area contributed by atoms with Gasteiger partial charge < -0.3 is 44.4 Å². The molecular formula is C81H81ClF3N19OS2. The molecule has 26 heteroatoms. The van der Waals surface area contributed by atoms with E-state index >= 15 is 0 Å². The van der Waals surface area contributed by atoms with Gasteiger partial charge in [-0.1, -0.05) is 71.3 Å². The zero-order valence-electron chi connectivity index (χ0n) is 60.4. The van der Waals surface area contributed by atoms with Crippen LogP contribution < -0.4 is 19.4 Å². The molecule has 3 aromatic carbocycles. The topological polar surface area (TPSA) is 232 Å². The number of halogens is 4. The van der Waals surface area contributed by atoms with Crippen LogP contribution in [-0.4, -0.2) is 125 Å². The summed E-state index contributed by atoms with van der Waals surface area (Å²) in [6.07, 6.45) is 15.9. The number of imidazole rings is 3. The molecule has 107 heavy (non-hydrogen) atoms. The lowest BCUT2D eigenvalue weighted by molar-refractivity contribution is -0.0498. The highest BCUT2D eigenvalue weighted by atomic mass is 35.5. The lowest BCUT2D eigenvalue weighted by Crippen LogP contribution is -2.34. The first-order valence-electron chi connectivity index (χ1n) is 36.3. The van der Waals surface area contributed by atoms with Gasteiger partial charge in [-0.25, -0.2) is 53.9 Å². The van der Waals surface area contributed by atoms with Crippen molar-refractivity contribution in [1.82, 2.24) is 79.6 Å². The largest absolute Gasteiger partial charge is 0.435 e. The van der Waals surface area contributed by atoms with Gasteiger partial charge in [-0.05, 0) is 170 Å². The maximum absolute atomic E-state index is 13.6. The molecule has 0 radical (unpaired) electrons. The number of nitrogens with one attached hydrogen (secondary N) is 5. The van der Waals surface area contributed by atoms with Crippen molar-refractivity contribution in [2.75, 3.05) is 54.0 Å². The third-order valence-electron chi connectivity index (χ3n) is 20.9. The number of hydrogen-bond acceptors (Lipinski definition) is 16. The molecule has 1 unspecified atom stereocenters. The minimum Gasteiger partial charge on any atom is -0.435 e. The van der Waals surface area contributed by atoms with E-state index in [1.54, 1.807) is 66.2 Å². The van der Waals surface area contributed by atoms with E-state index in [0.29, 0.717) is 18.3 Å².